The van der Waals surface area contributed by atoms with Crippen LogP contribution in [0, 0.1) is 0 Å². The van der Waals surface area contributed by atoms with Crippen LogP contribution in [-0.2, 0) is 28.6 Å². The largest absolute Gasteiger partial charge is 0.480 e. The molecule has 8 heteroatoms. The molecule has 0 bridgehead atoms. The third-order valence-corrected chi connectivity index (χ3v) is 4.16. The van der Waals surface area contributed by atoms with Gasteiger partial charge in [-0.15, -0.1) is 0 Å². The van der Waals surface area contributed by atoms with Crippen LogP contribution in [0.1, 0.15) is 16.7 Å². The number of hydrogen-bond donors (Lipinski definition) is 2. The van der Waals surface area contributed by atoms with Gasteiger partial charge in [0.25, 0.3) is 0 Å². The summed E-state index contributed by atoms with van der Waals surface area (Å²) in [7, 11) is 0. The number of nitrogens with one attached hydrogen (secondary N) is 1. The van der Waals surface area contributed by atoms with Crippen molar-refractivity contribution in [1.82, 2.24) is 5.32 Å². The monoisotopic (exact) mass is 429 g/mol. The molecule has 2 N–H and O–H groups in total. The quantitative estimate of drug-likeness (QED) is 0.733. The Morgan fingerprint density at radius 2 is 1.54 bits per heavy atom. The molecule has 0 heterocycles. The molecule has 0 saturated carbocycles. The molecule has 1 atom stereocenters. The first-order valence-corrected chi connectivity index (χ1v) is 8.37. The average Bonchev–Trinajstić information content (AvgIpc) is 2.55. The Hall–Kier alpha value is -2.35. The Bertz CT molecular complexity index is 774. The molecule has 0 aliphatic carbocycles. The number of hydrogen-bond acceptors (Lipinski definition) is 2. The summed E-state index contributed by atoms with van der Waals surface area (Å²) in [6.07, 6.45) is -4.55. The highest BCUT2D eigenvalue weighted by Gasteiger charge is 2.30. The van der Waals surface area contributed by atoms with Crippen LogP contribution in [0.15, 0.2) is 53.0 Å². The van der Waals surface area contributed by atoms with Gasteiger partial charge in [0.2, 0.25) is 5.91 Å². The number of benzene rings is 2. The molecule has 0 aliphatic heterocycles. The van der Waals surface area contributed by atoms with Crippen LogP contribution in [-0.4, -0.2) is 23.0 Å². The Balaban J connectivity index is 1.99. The second-order valence-electron chi connectivity index (χ2n) is 5.66. The van der Waals surface area contributed by atoms with Crippen molar-refractivity contribution < 1.29 is 27.9 Å². The van der Waals surface area contributed by atoms with Crippen molar-refractivity contribution in [2.24, 2.45) is 0 Å². The first-order valence-electron chi connectivity index (χ1n) is 7.58. The van der Waals surface area contributed by atoms with Gasteiger partial charge in [-0.1, -0.05) is 40.2 Å². The topological polar surface area (TPSA) is 66.4 Å². The minimum Gasteiger partial charge on any atom is -0.480 e. The van der Waals surface area contributed by atoms with Crippen molar-refractivity contribution in [3.05, 3.63) is 69.7 Å². The molecule has 26 heavy (non-hydrogen) atoms. The fourth-order valence-electron chi connectivity index (χ4n) is 2.30. The van der Waals surface area contributed by atoms with E-state index in [1.165, 1.54) is 12.1 Å². The van der Waals surface area contributed by atoms with Crippen LogP contribution in [0.4, 0.5) is 13.2 Å². The van der Waals surface area contributed by atoms with E-state index in [0.29, 0.717) is 5.56 Å². The zero-order valence-corrected chi connectivity index (χ0v) is 15.0. The smallest absolute Gasteiger partial charge is 0.416 e. The highest BCUT2D eigenvalue weighted by molar-refractivity contribution is 9.10. The zero-order valence-electron chi connectivity index (χ0n) is 13.4. The Kier molecular flexibility index (Phi) is 6.42. The number of amides is 1. The van der Waals surface area contributed by atoms with E-state index in [4.69, 9.17) is 0 Å². The predicted molar refractivity (Wildman–Crippen MR) is 92.6 cm³/mol. The number of aliphatic carboxylic acids is 1. The molecule has 0 spiro atoms. The Morgan fingerprint density at radius 3 is 2.04 bits per heavy atom. The van der Waals surface area contributed by atoms with Crippen LogP contribution in [0.3, 0.4) is 0 Å². The molecule has 0 aliphatic rings. The standard InChI is InChI=1S/C18H15BrF3NO3/c19-14-7-3-11(4-8-14)9-15(17(25)26)23-16(24)10-12-1-5-13(6-2-12)18(20,21)22/h1-8,15H,9-10H2,(H,23,24)(H,25,26)/t15-/m1/s1. The van der Waals surface area contributed by atoms with Gasteiger partial charge >= 0.3 is 12.1 Å². The van der Waals surface area contributed by atoms with E-state index < -0.39 is 29.7 Å². The fourth-order valence-corrected chi connectivity index (χ4v) is 2.56. The van der Waals surface area contributed by atoms with Crippen LogP contribution in [0.2, 0.25) is 0 Å². The maximum atomic E-state index is 12.5. The maximum Gasteiger partial charge on any atom is 0.416 e. The summed E-state index contributed by atoms with van der Waals surface area (Å²) >= 11 is 3.28. The molecule has 1 amide bonds. The molecule has 4 nitrogen and oxygen atoms in total. The van der Waals surface area contributed by atoms with Gasteiger partial charge in [0.15, 0.2) is 0 Å². The molecule has 2 rings (SSSR count). The lowest BCUT2D eigenvalue weighted by molar-refractivity contribution is -0.141. The normalized spacial score (nSPS) is 12.5. The van der Waals surface area contributed by atoms with Crippen LogP contribution in [0.5, 0.6) is 0 Å². The molecular weight excluding hydrogens is 415 g/mol. The fraction of sp³-hybridized carbons (Fsp3) is 0.222. The number of carbonyl (C=O) groups excluding carboxylic acids is 1. The minimum atomic E-state index is -4.44. The molecule has 0 radical (unpaired) electrons. The van der Waals surface area contributed by atoms with Crippen molar-refractivity contribution in [3.63, 3.8) is 0 Å². The first-order chi connectivity index (χ1) is 12.1. The molecule has 0 aromatic heterocycles. The van der Waals surface area contributed by atoms with E-state index in [-0.39, 0.29) is 12.8 Å². The third-order valence-electron chi connectivity index (χ3n) is 3.63. The molecule has 2 aromatic carbocycles. The average molecular weight is 430 g/mol. The first kappa shape index (κ1) is 20.0. The third kappa shape index (κ3) is 5.87. The maximum absolute atomic E-state index is 12.5. The van der Waals surface area contributed by atoms with E-state index in [1.54, 1.807) is 24.3 Å². The second-order valence-corrected chi connectivity index (χ2v) is 6.58. The van der Waals surface area contributed by atoms with E-state index >= 15 is 0 Å². The number of carboxylic acids is 1. The summed E-state index contributed by atoms with van der Waals surface area (Å²) in [6.45, 7) is 0. The van der Waals surface area contributed by atoms with E-state index in [9.17, 15) is 27.9 Å². The van der Waals surface area contributed by atoms with Gasteiger partial charge in [0.05, 0.1) is 12.0 Å². The summed E-state index contributed by atoms with van der Waals surface area (Å²) < 4.78 is 38.4. The van der Waals surface area contributed by atoms with E-state index in [2.05, 4.69) is 21.2 Å². The summed E-state index contributed by atoms with van der Waals surface area (Å²) in [4.78, 5) is 23.4. The van der Waals surface area contributed by atoms with Gasteiger partial charge in [-0.25, -0.2) is 4.79 Å². The zero-order chi connectivity index (χ0) is 19.3. The Labute approximate surface area is 156 Å². The minimum absolute atomic E-state index is 0.0986. The van der Waals surface area contributed by atoms with Gasteiger partial charge in [-0.3, -0.25) is 4.79 Å². The van der Waals surface area contributed by atoms with Gasteiger partial charge in [0.1, 0.15) is 6.04 Å². The van der Waals surface area contributed by atoms with Crippen molar-refractivity contribution in [2.45, 2.75) is 25.1 Å². The van der Waals surface area contributed by atoms with Crippen LogP contribution < -0.4 is 5.32 Å². The molecule has 0 unspecified atom stereocenters. The molecule has 2 aromatic rings. The number of carbonyl (C=O) groups is 2. The van der Waals surface area contributed by atoms with Crippen molar-refractivity contribution >= 4 is 27.8 Å². The Morgan fingerprint density at radius 1 is 1.00 bits per heavy atom. The molecule has 0 fully saturated rings. The van der Waals surface area contributed by atoms with Gasteiger partial charge < -0.3 is 10.4 Å². The lowest BCUT2D eigenvalue weighted by Gasteiger charge is -2.15. The molecule has 0 saturated heterocycles. The summed E-state index contributed by atoms with van der Waals surface area (Å²) in [5.41, 5.74) is 0.291. The van der Waals surface area contributed by atoms with Crippen LogP contribution >= 0.6 is 15.9 Å². The molecule has 138 valence electrons. The van der Waals surface area contributed by atoms with Crippen molar-refractivity contribution in [3.8, 4) is 0 Å². The predicted octanol–water partition coefficient (Wildman–Crippen LogP) is 3.82. The van der Waals surface area contributed by atoms with Gasteiger partial charge in [-0.2, -0.15) is 13.2 Å². The summed E-state index contributed by atoms with van der Waals surface area (Å²) in [5.74, 6) is -1.76. The summed E-state index contributed by atoms with van der Waals surface area (Å²) in [6, 6.07) is 10.1. The highest BCUT2D eigenvalue weighted by atomic mass is 79.9. The van der Waals surface area contributed by atoms with Gasteiger partial charge in [0, 0.05) is 10.9 Å². The second kappa shape index (κ2) is 8.35. The molecular formula is C18H15BrF3NO3. The highest BCUT2D eigenvalue weighted by Crippen LogP contribution is 2.29. The number of halogens is 4. The number of rotatable bonds is 6. The van der Waals surface area contributed by atoms with Crippen LogP contribution in [0.25, 0.3) is 0 Å². The SMILES string of the molecule is O=C(Cc1ccc(C(F)(F)F)cc1)N[C@H](Cc1ccc(Br)cc1)C(=O)O. The van der Waals surface area contributed by atoms with Crippen molar-refractivity contribution in [1.29, 1.82) is 0 Å². The lowest BCUT2D eigenvalue weighted by atomic mass is 10.0. The lowest BCUT2D eigenvalue weighted by Crippen LogP contribution is -2.43. The van der Waals surface area contributed by atoms with E-state index in [1.807, 2.05) is 0 Å². The number of carboxylic acid groups (broad SMARTS) is 1. The van der Waals surface area contributed by atoms with Gasteiger partial charge in [-0.05, 0) is 35.4 Å². The van der Waals surface area contributed by atoms with E-state index in [0.717, 1.165) is 22.2 Å². The number of alkyl halides is 3. The van der Waals surface area contributed by atoms with Crippen molar-refractivity contribution in [2.75, 3.05) is 0 Å². The summed E-state index contributed by atoms with van der Waals surface area (Å²) in [5, 5.41) is 11.7.